The first-order chi connectivity index (χ1) is 12.4. The average molecular weight is 371 g/mol. The highest BCUT2D eigenvalue weighted by Crippen LogP contribution is 2.22. The van der Waals surface area contributed by atoms with Gasteiger partial charge >= 0.3 is 0 Å². The maximum atomic E-state index is 12.6. The van der Waals surface area contributed by atoms with E-state index in [0.29, 0.717) is 18.1 Å². The van der Waals surface area contributed by atoms with Crippen LogP contribution in [0.2, 0.25) is 5.02 Å². The number of hydrogen-bond donors (Lipinski definition) is 1. The monoisotopic (exact) mass is 370 g/mol. The van der Waals surface area contributed by atoms with Gasteiger partial charge in [-0.25, -0.2) is 0 Å². The van der Waals surface area contributed by atoms with Gasteiger partial charge in [-0.3, -0.25) is 9.59 Å². The molecule has 0 saturated carbocycles. The lowest BCUT2D eigenvalue weighted by Gasteiger charge is -2.17. The van der Waals surface area contributed by atoms with Crippen LogP contribution in [0.4, 0.5) is 5.69 Å². The molecule has 0 bridgehead atoms. The Bertz CT molecular complexity index is 835. The standard InChI is InChI=1S/C21H23ClN2O2/c1-14-6-7-19(15(2)10-14)23-21(26)17-12-20(25)24(13-17)9-8-16-4-3-5-18(22)11-16/h3-7,10-11,17H,8-9,12-13H2,1-2H3,(H,23,26). The van der Waals surface area contributed by atoms with E-state index in [2.05, 4.69) is 5.32 Å². The molecule has 136 valence electrons. The van der Waals surface area contributed by atoms with E-state index in [1.165, 1.54) is 0 Å². The summed E-state index contributed by atoms with van der Waals surface area (Å²) in [5.74, 6) is -0.356. The number of rotatable bonds is 5. The number of halogens is 1. The molecule has 1 aliphatic heterocycles. The minimum atomic E-state index is -0.303. The number of carbonyl (C=O) groups excluding carboxylic acids is 2. The zero-order valence-corrected chi connectivity index (χ0v) is 15.8. The average Bonchev–Trinajstić information content (AvgIpc) is 2.97. The van der Waals surface area contributed by atoms with E-state index in [0.717, 1.165) is 28.8 Å². The summed E-state index contributed by atoms with van der Waals surface area (Å²) in [7, 11) is 0. The number of benzene rings is 2. The summed E-state index contributed by atoms with van der Waals surface area (Å²) in [4.78, 5) is 26.6. The molecule has 1 saturated heterocycles. The van der Waals surface area contributed by atoms with Crippen LogP contribution < -0.4 is 5.32 Å². The molecular weight excluding hydrogens is 348 g/mol. The first-order valence-electron chi connectivity index (χ1n) is 8.82. The van der Waals surface area contributed by atoms with Gasteiger partial charge < -0.3 is 10.2 Å². The van der Waals surface area contributed by atoms with E-state index in [1.807, 2.05) is 56.3 Å². The highest BCUT2D eigenvalue weighted by Gasteiger charge is 2.34. The van der Waals surface area contributed by atoms with E-state index in [-0.39, 0.29) is 24.2 Å². The van der Waals surface area contributed by atoms with Gasteiger partial charge in [-0.15, -0.1) is 0 Å². The Morgan fingerprint density at radius 1 is 1.23 bits per heavy atom. The van der Waals surface area contributed by atoms with Crippen LogP contribution in [0.1, 0.15) is 23.1 Å². The van der Waals surface area contributed by atoms with E-state index in [4.69, 9.17) is 11.6 Å². The summed E-state index contributed by atoms with van der Waals surface area (Å²) >= 11 is 6.00. The maximum Gasteiger partial charge on any atom is 0.229 e. The number of amides is 2. The molecule has 1 heterocycles. The highest BCUT2D eigenvalue weighted by atomic mass is 35.5. The molecule has 1 fully saturated rings. The van der Waals surface area contributed by atoms with Gasteiger partial charge in [0, 0.05) is 30.2 Å². The fourth-order valence-electron chi connectivity index (χ4n) is 3.31. The lowest BCUT2D eigenvalue weighted by atomic mass is 10.1. The molecule has 1 N–H and O–H groups in total. The smallest absolute Gasteiger partial charge is 0.229 e. The van der Waals surface area contributed by atoms with Crippen molar-refractivity contribution in [2.45, 2.75) is 26.7 Å². The van der Waals surface area contributed by atoms with Crippen molar-refractivity contribution in [1.29, 1.82) is 0 Å². The van der Waals surface area contributed by atoms with Gasteiger partial charge in [-0.2, -0.15) is 0 Å². The predicted octanol–water partition coefficient (Wildman–Crippen LogP) is 3.99. The van der Waals surface area contributed by atoms with Crippen molar-refractivity contribution < 1.29 is 9.59 Å². The summed E-state index contributed by atoms with van der Waals surface area (Å²) in [6.07, 6.45) is 1.00. The molecule has 4 nitrogen and oxygen atoms in total. The van der Waals surface area contributed by atoms with Crippen molar-refractivity contribution in [1.82, 2.24) is 4.90 Å². The largest absolute Gasteiger partial charge is 0.342 e. The molecule has 2 aromatic rings. The molecule has 2 amide bonds. The van der Waals surface area contributed by atoms with E-state index in [9.17, 15) is 9.59 Å². The summed E-state index contributed by atoms with van der Waals surface area (Å²) in [5.41, 5.74) is 4.09. The summed E-state index contributed by atoms with van der Waals surface area (Å²) < 4.78 is 0. The third-order valence-electron chi connectivity index (χ3n) is 4.78. The lowest BCUT2D eigenvalue weighted by molar-refractivity contribution is -0.128. The Morgan fingerprint density at radius 2 is 2.04 bits per heavy atom. The zero-order valence-electron chi connectivity index (χ0n) is 15.1. The van der Waals surface area contributed by atoms with Gasteiger partial charge in [0.25, 0.3) is 0 Å². The second kappa shape index (κ2) is 7.92. The van der Waals surface area contributed by atoms with Crippen LogP contribution in [0.25, 0.3) is 0 Å². The van der Waals surface area contributed by atoms with Gasteiger partial charge in [0.05, 0.1) is 5.92 Å². The summed E-state index contributed by atoms with van der Waals surface area (Å²) in [6.45, 7) is 5.06. The molecule has 2 aromatic carbocycles. The summed E-state index contributed by atoms with van der Waals surface area (Å²) in [5, 5.41) is 3.66. The third kappa shape index (κ3) is 4.44. The minimum Gasteiger partial charge on any atom is -0.342 e. The molecule has 0 aliphatic carbocycles. The second-order valence-corrected chi connectivity index (χ2v) is 7.36. The Balaban J connectivity index is 1.57. The fraction of sp³-hybridized carbons (Fsp3) is 0.333. The number of nitrogens with zero attached hydrogens (tertiary/aromatic N) is 1. The number of aryl methyl sites for hydroxylation is 2. The molecule has 0 radical (unpaired) electrons. The highest BCUT2D eigenvalue weighted by molar-refractivity contribution is 6.30. The Morgan fingerprint density at radius 3 is 2.77 bits per heavy atom. The minimum absolute atomic E-state index is 0.0350. The zero-order chi connectivity index (χ0) is 18.7. The Kier molecular flexibility index (Phi) is 5.62. The molecule has 1 atom stereocenters. The van der Waals surface area contributed by atoms with Gasteiger partial charge in [0.15, 0.2) is 0 Å². The molecular formula is C21H23ClN2O2. The maximum absolute atomic E-state index is 12.6. The number of hydrogen-bond acceptors (Lipinski definition) is 2. The SMILES string of the molecule is Cc1ccc(NC(=O)C2CC(=O)N(CCc3cccc(Cl)c3)C2)c(C)c1. The predicted molar refractivity (Wildman–Crippen MR) is 104 cm³/mol. The Hall–Kier alpha value is -2.33. The summed E-state index contributed by atoms with van der Waals surface area (Å²) in [6, 6.07) is 13.6. The second-order valence-electron chi connectivity index (χ2n) is 6.93. The van der Waals surface area contributed by atoms with E-state index in [1.54, 1.807) is 4.90 Å². The van der Waals surface area contributed by atoms with Crippen molar-refractivity contribution in [2.24, 2.45) is 5.92 Å². The third-order valence-corrected chi connectivity index (χ3v) is 5.02. The van der Waals surface area contributed by atoms with Crippen LogP contribution in [0, 0.1) is 19.8 Å². The van der Waals surface area contributed by atoms with Crippen LogP contribution in [0.15, 0.2) is 42.5 Å². The fourth-order valence-corrected chi connectivity index (χ4v) is 3.52. The van der Waals surface area contributed by atoms with Crippen LogP contribution in [0.5, 0.6) is 0 Å². The van der Waals surface area contributed by atoms with Gasteiger partial charge in [0.2, 0.25) is 11.8 Å². The number of nitrogens with one attached hydrogen (secondary N) is 1. The first-order valence-corrected chi connectivity index (χ1v) is 9.20. The first kappa shape index (κ1) is 18.5. The van der Waals surface area contributed by atoms with Crippen molar-refractivity contribution in [3.05, 3.63) is 64.2 Å². The van der Waals surface area contributed by atoms with Crippen LogP contribution >= 0.6 is 11.6 Å². The molecule has 3 rings (SSSR count). The Labute approximate surface area is 159 Å². The quantitative estimate of drug-likeness (QED) is 0.865. The van der Waals surface area contributed by atoms with Gasteiger partial charge in [0.1, 0.15) is 0 Å². The molecule has 0 aromatic heterocycles. The van der Waals surface area contributed by atoms with Gasteiger partial charge in [-0.1, -0.05) is 41.4 Å². The number of anilines is 1. The van der Waals surface area contributed by atoms with Crippen molar-refractivity contribution in [3.8, 4) is 0 Å². The van der Waals surface area contributed by atoms with Crippen molar-refractivity contribution >= 4 is 29.1 Å². The van der Waals surface area contributed by atoms with E-state index >= 15 is 0 Å². The molecule has 5 heteroatoms. The van der Waals surface area contributed by atoms with Crippen LogP contribution in [0.3, 0.4) is 0 Å². The van der Waals surface area contributed by atoms with Crippen molar-refractivity contribution in [3.63, 3.8) is 0 Å². The molecule has 26 heavy (non-hydrogen) atoms. The molecule has 1 unspecified atom stereocenters. The van der Waals surface area contributed by atoms with E-state index < -0.39 is 0 Å². The normalized spacial score (nSPS) is 16.8. The number of likely N-dealkylation sites (tertiary alicyclic amines) is 1. The lowest BCUT2D eigenvalue weighted by Crippen LogP contribution is -2.30. The van der Waals surface area contributed by atoms with Crippen LogP contribution in [-0.4, -0.2) is 29.8 Å². The van der Waals surface area contributed by atoms with Crippen molar-refractivity contribution in [2.75, 3.05) is 18.4 Å². The topological polar surface area (TPSA) is 49.4 Å². The van der Waals surface area contributed by atoms with Crippen LogP contribution in [-0.2, 0) is 16.0 Å². The molecule has 0 spiro atoms. The van der Waals surface area contributed by atoms with Gasteiger partial charge in [-0.05, 0) is 49.6 Å². The number of carbonyl (C=O) groups is 2. The molecule has 1 aliphatic rings.